The van der Waals surface area contributed by atoms with Crippen LogP contribution < -0.4 is 0 Å². The molecule has 2 rings (SSSR count). The van der Waals surface area contributed by atoms with Gasteiger partial charge in [-0.05, 0) is 37.8 Å². The standard InChI is InChI=1S/C14H15ClF4O/c15-11-2-1-3-12(16)10(11)8-13(20)6-4-9(5-7-13)14(17,18)19/h1-3,9,20H,4-8H2. The Morgan fingerprint density at radius 2 is 1.85 bits per heavy atom. The summed E-state index contributed by atoms with van der Waals surface area (Å²) in [5, 5.41) is 10.6. The van der Waals surface area contributed by atoms with Gasteiger partial charge in [-0.3, -0.25) is 0 Å². The van der Waals surface area contributed by atoms with E-state index in [-0.39, 0.29) is 42.7 Å². The topological polar surface area (TPSA) is 20.2 Å². The largest absolute Gasteiger partial charge is 0.391 e. The summed E-state index contributed by atoms with van der Waals surface area (Å²) < 4.78 is 51.4. The molecule has 0 radical (unpaired) electrons. The Hall–Kier alpha value is -0.810. The molecule has 0 unspecified atom stereocenters. The van der Waals surface area contributed by atoms with E-state index in [1.54, 1.807) is 0 Å². The van der Waals surface area contributed by atoms with Crippen molar-refractivity contribution in [2.24, 2.45) is 5.92 Å². The van der Waals surface area contributed by atoms with Crippen LogP contribution in [0.25, 0.3) is 0 Å². The van der Waals surface area contributed by atoms with Crippen LogP contribution in [-0.2, 0) is 6.42 Å². The van der Waals surface area contributed by atoms with E-state index >= 15 is 0 Å². The van der Waals surface area contributed by atoms with Crippen molar-refractivity contribution in [3.05, 3.63) is 34.6 Å². The number of halogens is 5. The van der Waals surface area contributed by atoms with Gasteiger partial charge in [-0.15, -0.1) is 0 Å². The highest BCUT2D eigenvalue weighted by Crippen LogP contribution is 2.42. The lowest BCUT2D eigenvalue weighted by atomic mass is 9.75. The monoisotopic (exact) mass is 310 g/mol. The molecule has 0 aromatic heterocycles. The number of aliphatic hydroxyl groups is 1. The third-order valence-corrected chi connectivity index (χ3v) is 4.30. The van der Waals surface area contributed by atoms with Gasteiger partial charge in [-0.25, -0.2) is 4.39 Å². The van der Waals surface area contributed by atoms with E-state index in [0.29, 0.717) is 0 Å². The van der Waals surface area contributed by atoms with Crippen molar-refractivity contribution in [3.63, 3.8) is 0 Å². The van der Waals surface area contributed by atoms with Gasteiger partial charge in [0.1, 0.15) is 5.82 Å². The molecular formula is C14H15ClF4O. The van der Waals surface area contributed by atoms with Crippen LogP contribution in [0, 0.1) is 11.7 Å². The van der Waals surface area contributed by atoms with Gasteiger partial charge in [0.25, 0.3) is 0 Å². The highest BCUT2D eigenvalue weighted by Gasteiger charge is 2.45. The molecule has 0 heterocycles. The Kier molecular flexibility index (Phi) is 4.30. The molecule has 0 spiro atoms. The summed E-state index contributed by atoms with van der Waals surface area (Å²) in [5.41, 5.74) is -1.14. The van der Waals surface area contributed by atoms with Crippen LogP contribution in [-0.4, -0.2) is 16.9 Å². The van der Waals surface area contributed by atoms with Crippen LogP contribution in [0.1, 0.15) is 31.2 Å². The lowest BCUT2D eigenvalue weighted by Gasteiger charge is -2.37. The Morgan fingerprint density at radius 1 is 1.25 bits per heavy atom. The van der Waals surface area contributed by atoms with Gasteiger partial charge in [-0.2, -0.15) is 13.2 Å². The molecule has 1 aromatic rings. The van der Waals surface area contributed by atoms with Gasteiger partial charge in [0, 0.05) is 17.0 Å². The summed E-state index contributed by atoms with van der Waals surface area (Å²) in [6.45, 7) is 0. The van der Waals surface area contributed by atoms with Gasteiger partial charge < -0.3 is 5.11 Å². The van der Waals surface area contributed by atoms with E-state index in [0.717, 1.165) is 0 Å². The van der Waals surface area contributed by atoms with E-state index in [9.17, 15) is 22.7 Å². The third kappa shape index (κ3) is 3.44. The van der Waals surface area contributed by atoms with Crippen molar-refractivity contribution in [1.29, 1.82) is 0 Å². The van der Waals surface area contributed by atoms with Gasteiger partial charge >= 0.3 is 6.18 Å². The molecule has 0 amide bonds. The maximum absolute atomic E-state index is 13.7. The molecular weight excluding hydrogens is 296 g/mol. The van der Waals surface area contributed by atoms with Crippen LogP contribution in [0.15, 0.2) is 18.2 Å². The minimum atomic E-state index is -4.23. The molecule has 1 aromatic carbocycles. The van der Waals surface area contributed by atoms with E-state index < -0.39 is 23.5 Å². The normalized spacial score (nSPS) is 27.6. The quantitative estimate of drug-likeness (QED) is 0.797. The first-order valence-corrected chi connectivity index (χ1v) is 6.81. The first kappa shape index (κ1) is 15.6. The number of hydrogen-bond acceptors (Lipinski definition) is 1. The van der Waals surface area contributed by atoms with Gasteiger partial charge in [0.15, 0.2) is 0 Å². The fraction of sp³-hybridized carbons (Fsp3) is 0.571. The highest BCUT2D eigenvalue weighted by molar-refractivity contribution is 6.31. The second kappa shape index (κ2) is 5.53. The van der Waals surface area contributed by atoms with Crippen molar-refractivity contribution < 1.29 is 22.7 Å². The molecule has 20 heavy (non-hydrogen) atoms. The summed E-state index contributed by atoms with van der Waals surface area (Å²) >= 11 is 5.88. The number of rotatable bonds is 2. The summed E-state index contributed by atoms with van der Waals surface area (Å²) in [5.74, 6) is -1.91. The summed E-state index contributed by atoms with van der Waals surface area (Å²) in [6.07, 6.45) is -4.54. The Bertz CT molecular complexity index is 458. The van der Waals surface area contributed by atoms with Crippen molar-refractivity contribution in [1.82, 2.24) is 0 Å². The maximum atomic E-state index is 13.7. The Labute approximate surface area is 119 Å². The number of hydrogen-bond donors (Lipinski definition) is 1. The molecule has 6 heteroatoms. The lowest BCUT2D eigenvalue weighted by Crippen LogP contribution is -2.40. The van der Waals surface area contributed by atoms with Crippen LogP contribution in [0.3, 0.4) is 0 Å². The average molecular weight is 311 g/mol. The molecule has 1 saturated carbocycles. The molecule has 0 saturated heterocycles. The molecule has 112 valence electrons. The molecule has 1 N–H and O–H groups in total. The van der Waals surface area contributed by atoms with Crippen molar-refractivity contribution >= 4 is 11.6 Å². The first-order chi connectivity index (χ1) is 9.21. The van der Waals surface area contributed by atoms with Crippen LogP contribution in [0.2, 0.25) is 5.02 Å². The van der Waals surface area contributed by atoms with Crippen molar-refractivity contribution in [2.75, 3.05) is 0 Å². The zero-order chi connectivity index (χ0) is 15.0. The van der Waals surface area contributed by atoms with Crippen LogP contribution in [0.5, 0.6) is 0 Å². The smallest absolute Gasteiger partial charge is 0.390 e. The van der Waals surface area contributed by atoms with E-state index in [1.807, 2.05) is 0 Å². The highest BCUT2D eigenvalue weighted by atomic mass is 35.5. The summed E-state index contributed by atoms with van der Waals surface area (Å²) in [4.78, 5) is 0. The molecule has 0 aliphatic heterocycles. The van der Waals surface area contributed by atoms with Gasteiger partial charge in [-0.1, -0.05) is 17.7 Å². The Morgan fingerprint density at radius 3 is 2.35 bits per heavy atom. The fourth-order valence-electron chi connectivity index (χ4n) is 2.69. The van der Waals surface area contributed by atoms with Gasteiger partial charge in [0.2, 0.25) is 0 Å². The zero-order valence-electron chi connectivity index (χ0n) is 10.7. The van der Waals surface area contributed by atoms with Crippen molar-refractivity contribution in [2.45, 2.75) is 43.9 Å². The lowest BCUT2D eigenvalue weighted by molar-refractivity contribution is -0.192. The molecule has 0 bridgehead atoms. The van der Waals surface area contributed by atoms with Crippen molar-refractivity contribution in [3.8, 4) is 0 Å². The van der Waals surface area contributed by atoms with E-state index in [1.165, 1.54) is 18.2 Å². The molecule has 1 fully saturated rings. The predicted molar refractivity (Wildman–Crippen MR) is 68.1 cm³/mol. The fourth-order valence-corrected chi connectivity index (χ4v) is 2.92. The van der Waals surface area contributed by atoms with Gasteiger partial charge in [0.05, 0.1) is 11.5 Å². The molecule has 1 aliphatic carbocycles. The minimum Gasteiger partial charge on any atom is -0.390 e. The van der Waals surface area contributed by atoms with E-state index in [4.69, 9.17) is 11.6 Å². The third-order valence-electron chi connectivity index (χ3n) is 3.95. The molecule has 1 nitrogen and oxygen atoms in total. The first-order valence-electron chi connectivity index (χ1n) is 6.43. The summed E-state index contributed by atoms with van der Waals surface area (Å²) in [7, 11) is 0. The van der Waals surface area contributed by atoms with Crippen LogP contribution >= 0.6 is 11.6 Å². The van der Waals surface area contributed by atoms with E-state index in [2.05, 4.69) is 0 Å². The maximum Gasteiger partial charge on any atom is 0.391 e. The average Bonchev–Trinajstić information content (AvgIpc) is 2.33. The predicted octanol–water partition coefficient (Wildman–Crippen LogP) is 4.51. The Balaban J connectivity index is 2.08. The second-order valence-corrected chi connectivity index (χ2v) is 5.82. The minimum absolute atomic E-state index is 0.00183. The van der Waals surface area contributed by atoms with Crippen LogP contribution in [0.4, 0.5) is 17.6 Å². The molecule has 1 aliphatic rings. The molecule has 0 atom stereocenters. The summed E-state index contributed by atoms with van der Waals surface area (Å²) in [6, 6.07) is 4.18. The zero-order valence-corrected chi connectivity index (χ0v) is 11.4. The number of alkyl halides is 3. The second-order valence-electron chi connectivity index (χ2n) is 5.42. The SMILES string of the molecule is OC1(Cc2c(F)cccc2Cl)CCC(C(F)(F)F)CC1. The number of benzene rings is 1.